The second kappa shape index (κ2) is 11.7. The van der Waals surface area contributed by atoms with Crippen molar-refractivity contribution in [2.75, 3.05) is 0 Å². The molecule has 0 fully saturated rings. The molecule has 0 aliphatic rings. The van der Waals surface area contributed by atoms with E-state index in [2.05, 4.69) is 168 Å². The van der Waals surface area contributed by atoms with Crippen LogP contribution >= 0.6 is 0 Å². The van der Waals surface area contributed by atoms with Gasteiger partial charge in [0.25, 0.3) is 0 Å². The molecule has 0 radical (unpaired) electrons. The summed E-state index contributed by atoms with van der Waals surface area (Å²) in [5.41, 5.74) is 15.2. The number of aryl methyl sites for hydroxylation is 2. The van der Waals surface area contributed by atoms with Crippen molar-refractivity contribution in [1.82, 2.24) is 14.5 Å². The zero-order valence-corrected chi connectivity index (χ0v) is 27.4. The van der Waals surface area contributed by atoms with E-state index in [-0.39, 0.29) is 0 Å². The Labute approximate surface area is 285 Å². The van der Waals surface area contributed by atoms with E-state index in [0.717, 1.165) is 27.9 Å². The lowest BCUT2D eigenvalue weighted by atomic mass is 9.93. The number of hydrogen-bond donors (Lipinski definition) is 0. The van der Waals surface area contributed by atoms with Gasteiger partial charge in [0.1, 0.15) is 0 Å². The first-order valence-electron chi connectivity index (χ1n) is 16.7. The fourth-order valence-electron chi connectivity index (χ4n) is 7.39. The minimum atomic E-state index is 1.13. The molecule has 0 aliphatic heterocycles. The van der Waals surface area contributed by atoms with Crippen molar-refractivity contribution in [2.45, 2.75) is 13.8 Å². The van der Waals surface area contributed by atoms with Gasteiger partial charge in [-0.25, -0.2) is 0 Å². The summed E-state index contributed by atoms with van der Waals surface area (Å²) >= 11 is 0. The molecule has 3 aromatic heterocycles. The van der Waals surface area contributed by atoms with Crippen LogP contribution < -0.4 is 0 Å². The first-order chi connectivity index (χ1) is 24.1. The lowest BCUT2D eigenvalue weighted by Crippen LogP contribution is -1.95. The van der Waals surface area contributed by atoms with E-state index in [1.165, 1.54) is 66.0 Å². The maximum atomic E-state index is 4.50. The highest BCUT2D eigenvalue weighted by atomic mass is 15.0. The van der Waals surface area contributed by atoms with Gasteiger partial charge in [0.15, 0.2) is 0 Å². The Balaban J connectivity index is 1.27. The summed E-state index contributed by atoms with van der Waals surface area (Å²) < 4.78 is 2.44. The van der Waals surface area contributed by atoms with Crippen molar-refractivity contribution in [2.24, 2.45) is 0 Å². The predicted molar refractivity (Wildman–Crippen MR) is 205 cm³/mol. The molecule has 232 valence electrons. The summed E-state index contributed by atoms with van der Waals surface area (Å²) in [6.45, 7) is 4.19. The van der Waals surface area contributed by atoms with E-state index in [1.807, 2.05) is 24.8 Å². The summed E-state index contributed by atoms with van der Waals surface area (Å²) in [4.78, 5) is 8.98. The van der Waals surface area contributed by atoms with E-state index < -0.39 is 0 Å². The molecule has 0 aliphatic carbocycles. The fourth-order valence-corrected chi connectivity index (χ4v) is 7.39. The minimum Gasteiger partial charge on any atom is -0.309 e. The van der Waals surface area contributed by atoms with E-state index in [1.54, 1.807) is 0 Å². The molecule has 3 heterocycles. The summed E-state index contributed by atoms with van der Waals surface area (Å²) in [6.07, 6.45) is 7.73. The predicted octanol–water partition coefficient (Wildman–Crippen LogP) is 12.0. The highest BCUT2D eigenvalue weighted by Crippen LogP contribution is 2.41. The SMILES string of the molecule is Cc1cncc(-c2ccccc2-c2ccc3c(ccc4c5ccc(-c6ccccc6-c6cncc(C)c6)cc5n(-c5ccccc5)c34)c2)c1. The van der Waals surface area contributed by atoms with Crippen LogP contribution in [0.3, 0.4) is 0 Å². The molecule has 6 aromatic carbocycles. The summed E-state index contributed by atoms with van der Waals surface area (Å²) in [6, 6.07) is 50.8. The molecular formula is C46H33N3. The molecule has 9 rings (SSSR count). The van der Waals surface area contributed by atoms with Crippen LogP contribution in [0, 0.1) is 13.8 Å². The first kappa shape index (κ1) is 28.9. The zero-order valence-electron chi connectivity index (χ0n) is 27.4. The standard InChI is InChI=1S/C46H33N3/c1-30-22-35(28-47-26-30)40-14-8-6-12-38(40)32-16-19-42-33(24-32)18-21-44-43-20-17-34(25-45(43)49(46(42)44)37-10-4-3-5-11-37)39-13-7-9-15-41(39)36-23-31(2)27-48-29-36/h3-29H,1-2H3. The molecule has 49 heavy (non-hydrogen) atoms. The summed E-state index contributed by atoms with van der Waals surface area (Å²) in [5, 5.41) is 4.91. The highest BCUT2D eigenvalue weighted by Gasteiger charge is 2.18. The Morgan fingerprint density at radius 1 is 0.408 bits per heavy atom. The highest BCUT2D eigenvalue weighted by molar-refractivity contribution is 6.19. The second-order valence-electron chi connectivity index (χ2n) is 12.9. The molecule has 9 aromatic rings. The number of fused-ring (bicyclic) bond motifs is 5. The average molecular weight is 628 g/mol. The van der Waals surface area contributed by atoms with E-state index in [4.69, 9.17) is 0 Å². The molecule has 0 saturated heterocycles. The number of nitrogens with zero attached hydrogens (tertiary/aromatic N) is 3. The van der Waals surface area contributed by atoms with Gasteiger partial charge in [-0.1, -0.05) is 103 Å². The molecule has 3 heteroatoms. The van der Waals surface area contributed by atoms with Gasteiger partial charge in [0.2, 0.25) is 0 Å². The van der Waals surface area contributed by atoms with Crippen LogP contribution in [0.4, 0.5) is 0 Å². The van der Waals surface area contributed by atoms with Crippen molar-refractivity contribution in [1.29, 1.82) is 0 Å². The van der Waals surface area contributed by atoms with Crippen molar-refractivity contribution in [3.8, 4) is 50.2 Å². The first-order valence-corrected chi connectivity index (χ1v) is 16.7. The number of hydrogen-bond acceptors (Lipinski definition) is 2. The maximum absolute atomic E-state index is 4.50. The van der Waals surface area contributed by atoms with Crippen molar-refractivity contribution in [3.05, 3.63) is 175 Å². The molecule has 0 atom stereocenters. The van der Waals surface area contributed by atoms with E-state index >= 15 is 0 Å². The molecule has 0 spiro atoms. The topological polar surface area (TPSA) is 30.7 Å². The summed E-state index contributed by atoms with van der Waals surface area (Å²) in [7, 11) is 0. The van der Waals surface area contributed by atoms with Crippen molar-refractivity contribution < 1.29 is 0 Å². The lowest BCUT2D eigenvalue weighted by Gasteiger charge is -2.14. The van der Waals surface area contributed by atoms with Crippen LogP contribution in [0.15, 0.2) is 164 Å². The normalized spacial score (nSPS) is 11.5. The van der Waals surface area contributed by atoms with Crippen LogP contribution in [-0.2, 0) is 0 Å². The Bertz CT molecular complexity index is 2680. The van der Waals surface area contributed by atoms with Gasteiger partial charge >= 0.3 is 0 Å². The zero-order chi connectivity index (χ0) is 32.9. The van der Waals surface area contributed by atoms with Gasteiger partial charge in [0, 0.05) is 57.8 Å². The molecule has 0 saturated carbocycles. The van der Waals surface area contributed by atoms with Crippen molar-refractivity contribution in [3.63, 3.8) is 0 Å². The molecule has 0 amide bonds. The van der Waals surface area contributed by atoms with Gasteiger partial charge in [-0.05, 0) is 100 Å². The third-order valence-corrected chi connectivity index (χ3v) is 9.61. The number of para-hydroxylation sites is 1. The van der Waals surface area contributed by atoms with Crippen LogP contribution in [-0.4, -0.2) is 14.5 Å². The average Bonchev–Trinajstić information content (AvgIpc) is 3.49. The van der Waals surface area contributed by atoms with Crippen LogP contribution in [0.5, 0.6) is 0 Å². The largest absolute Gasteiger partial charge is 0.309 e. The van der Waals surface area contributed by atoms with E-state index in [9.17, 15) is 0 Å². The Hall–Kier alpha value is -6.32. The maximum Gasteiger partial charge on any atom is 0.0619 e. The van der Waals surface area contributed by atoms with Gasteiger partial charge in [-0.3, -0.25) is 9.97 Å². The van der Waals surface area contributed by atoms with Gasteiger partial charge in [-0.15, -0.1) is 0 Å². The lowest BCUT2D eigenvalue weighted by molar-refractivity contribution is 1.19. The Kier molecular flexibility index (Phi) is 6.91. The summed E-state index contributed by atoms with van der Waals surface area (Å²) in [5.74, 6) is 0. The molecular weight excluding hydrogens is 595 g/mol. The van der Waals surface area contributed by atoms with E-state index in [0.29, 0.717) is 0 Å². The van der Waals surface area contributed by atoms with Crippen LogP contribution in [0.2, 0.25) is 0 Å². The molecule has 0 unspecified atom stereocenters. The smallest absolute Gasteiger partial charge is 0.0619 e. The quantitative estimate of drug-likeness (QED) is 0.190. The second-order valence-corrected chi connectivity index (χ2v) is 12.9. The molecule has 0 N–H and O–H groups in total. The monoisotopic (exact) mass is 627 g/mol. The number of pyridine rings is 2. The van der Waals surface area contributed by atoms with Gasteiger partial charge < -0.3 is 4.57 Å². The van der Waals surface area contributed by atoms with Gasteiger partial charge in [-0.2, -0.15) is 0 Å². The van der Waals surface area contributed by atoms with Crippen LogP contribution in [0.25, 0.3) is 82.8 Å². The van der Waals surface area contributed by atoms with Gasteiger partial charge in [0.05, 0.1) is 11.0 Å². The number of rotatable bonds is 5. The minimum absolute atomic E-state index is 1.13. The number of benzene rings is 6. The molecule has 0 bridgehead atoms. The molecule has 3 nitrogen and oxygen atoms in total. The fraction of sp³-hybridized carbons (Fsp3) is 0.0435. The Morgan fingerprint density at radius 3 is 1.51 bits per heavy atom. The number of aromatic nitrogens is 3. The van der Waals surface area contributed by atoms with Crippen molar-refractivity contribution >= 4 is 32.6 Å². The third-order valence-electron chi connectivity index (χ3n) is 9.61. The Morgan fingerprint density at radius 2 is 0.918 bits per heavy atom. The third kappa shape index (κ3) is 4.99. The van der Waals surface area contributed by atoms with Crippen LogP contribution in [0.1, 0.15) is 11.1 Å².